The summed E-state index contributed by atoms with van der Waals surface area (Å²) in [5.74, 6) is 0.793. The number of nitrogen functional groups attached to an aromatic ring is 1. The highest BCUT2D eigenvalue weighted by molar-refractivity contribution is 7.99. The van der Waals surface area contributed by atoms with Gasteiger partial charge in [-0.25, -0.2) is 4.31 Å². The normalized spacial score (nSPS) is 12.1. The summed E-state index contributed by atoms with van der Waals surface area (Å²) in [6, 6.07) is 0. The van der Waals surface area contributed by atoms with E-state index in [0.29, 0.717) is 5.69 Å². The van der Waals surface area contributed by atoms with Gasteiger partial charge in [0.15, 0.2) is 5.75 Å². The Hall–Kier alpha value is -0.390. The maximum atomic E-state index is 5.79. The van der Waals surface area contributed by atoms with E-state index < -0.39 is 0 Å². The molecule has 0 atom stereocenters. The summed E-state index contributed by atoms with van der Waals surface area (Å²) in [4.78, 5) is 0. The lowest BCUT2D eigenvalue weighted by molar-refractivity contribution is 0.319. The van der Waals surface area contributed by atoms with Crippen LogP contribution in [0.15, 0.2) is 9.59 Å². The SMILES string of the molecule is COc1c(N)csc1SN(C)C(C)(C)C. The molecule has 3 nitrogen and oxygen atoms in total. The van der Waals surface area contributed by atoms with E-state index in [1.807, 2.05) is 5.38 Å². The fourth-order valence-electron chi connectivity index (χ4n) is 0.867. The molecule has 2 N–H and O–H groups in total. The van der Waals surface area contributed by atoms with Gasteiger partial charge in [-0.1, -0.05) is 0 Å². The van der Waals surface area contributed by atoms with Crippen molar-refractivity contribution in [2.24, 2.45) is 0 Å². The van der Waals surface area contributed by atoms with Gasteiger partial charge in [0.05, 0.1) is 12.8 Å². The second-order valence-corrected chi connectivity index (χ2v) is 6.55. The molecule has 1 heterocycles. The van der Waals surface area contributed by atoms with Crippen LogP contribution < -0.4 is 10.5 Å². The molecule has 0 aliphatic rings. The third-order valence-electron chi connectivity index (χ3n) is 2.11. The number of nitrogens with zero attached hydrogens (tertiary/aromatic N) is 1. The molecule has 1 aromatic rings. The van der Waals surface area contributed by atoms with E-state index in [1.54, 1.807) is 30.4 Å². The molecule has 0 aliphatic carbocycles. The van der Waals surface area contributed by atoms with Gasteiger partial charge in [0.1, 0.15) is 4.21 Å². The number of hydrogen-bond donors (Lipinski definition) is 1. The van der Waals surface area contributed by atoms with Crippen molar-refractivity contribution in [2.75, 3.05) is 19.9 Å². The average Bonchev–Trinajstić information content (AvgIpc) is 2.45. The first-order valence-corrected chi connectivity index (χ1v) is 6.34. The zero-order valence-corrected chi connectivity index (χ0v) is 11.5. The van der Waals surface area contributed by atoms with E-state index in [-0.39, 0.29) is 5.54 Å². The van der Waals surface area contributed by atoms with Crippen molar-refractivity contribution in [2.45, 2.75) is 30.5 Å². The quantitative estimate of drug-likeness (QED) is 0.832. The molecule has 15 heavy (non-hydrogen) atoms. The first-order valence-electron chi connectivity index (χ1n) is 4.69. The van der Waals surface area contributed by atoms with Gasteiger partial charge in [-0.15, -0.1) is 11.3 Å². The molecule has 0 aromatic carbocycles. The van der Waals surface area contributed by atoms with Gasteiger partial charge in [0.2, 0.25) is 0 Å². The van der Waals surface area contributed by atoms with Crippen LogP contribution in [-0.4, -0.2) is 24.0 Å². The van der Waals surface area contributed by atoms with Crippen molar-refractivity contribution >= 4 is 29.0 Å². The molecule has 86 valence electrons. The topological polar surface area (TPSA) is 38.5 Å². The van der Waals surface area contributed by atoms with E-state index in [4.69, 9.17) is 10.5 Å². The highest BCUT2D eigenvalue weighted by atomic mass is 32.2. The van der Waals surface area contributed by atoms with Crippen LogP contribution in [0.2, 0.25) is 0 Å². The Labute approximate surface area is 99.7 Å². The van der Waals surface area contributed by atoms with E-state index in [2.05, 4.69) is 32.1 Å². The standard InChI is InChI=1S/C10H18N2OS2/c1-10(2,3)12(4)15-9-8(13-5)7(11)6-14-9/h6H,11H2,1-5H3. The lowest BCUT2D eigenvalue weighted by Gasteiger charge is -2.30. The number of methoxy groups -OCH3 is 1. The molecular formula is C10H18N2OS2. The monoisotopic (exact) mass is 246 g/mol. The van der Waals surface area contributed by atoms with Gasteiger partial charge < -0.3 is 10.5 Å². The molecular weight excluding hydrogens is 228 g/mol. The molecule has 0 spiro atoms. The maximum Gasteiger partial charge on any atom is 0.167 e. The maximum absolute atomic E-state index is 5.79. The smallest absolute Gasteiger partial charge is 0.167 e. The predicted octanol–water partition coefficient (Wildman–Crippen LogP) is 3.08. The van der Waals surface area contributed by atoms with Gasteiger partial charge in [-0.3, -0.25) is 0 Å². The fraction of sp³-hybridized carbons (Fsp3) is 0.600. The number of rotatable bonds is 3. The van der Waals surface area contributed by atoms with Crippen LogP contribution in [0.5, 0.6) is 5.75 Å². The Morgan fingerprint density at radius 3 is 2.53 bits per heavy atom. The van der Waals surface area contributed by atoms with E-state index >= 15 is 0 Å². The Morgan fingerprint density at radius 1 is 1.47 bits per heavy atom. The van der Waals surface area contributed by atoms with Gasteiger partial charge in [0.25, 0.3) is 0 Å². The number of nitrogens with two attached hydrogens (primary N) is 1. The molecule has 0 radical (unpaired) electrons. The second kappa shape index (κ2) is 4.63. The van der Waals surface area contributed by atoms with Crippen LogP contribution in [-0.2, 0) is 0 Å². The Bertz CT molecular complexity index is 331. The summed E-state index contributed by atoms with van der Waals surface area (Å²) in [7, 11) is 3.72. The predicted molar refractivity (Wildman–Crippen MR) is 68.7 cm³/mol. The molecule has 0 saturated heterocycles. The summed E-state index contributed by atoms with van der Waals surface area (Å²) in [5.41, 5.74) is 6.62. The minimum atomic E-state index is 0.119. The van der Waals surface area contributed by atoms with Crippen molar-refractivity contribution in [3.05, 3.63) is 5.38 Å². The highest BCUT2D eigenvalue weighted by Gasteiger charge is 2.21. The highest BCUT2D eigenvalue weighted by Crippen LogP contribution is 2.42. The molecule has 0 bridgehead atoms. The van der Waals surface area contributed by atoms with E-state index in [0.717, 1.165) is 9.96 Å². The first kappa shape index (κ1) is 12.7. The van der Waals surface area contributed by atoms with Crippen LogP contribution in [0.1, 0.15) is 20.8 Å². The van der Waals surface area contributed by atoms with Gasteiger partial charge in [0, 0.05) is 10.9 Å². The van der Waals surface area contributed by atoms with Crippen LogP contribution in [0, 0.1) is 0 Å². The summed E-state index contributed by atoms with van der Waals surface area (Å²) in [5, 5.41) is 1.91. The van der Waals surface area contributed by atoms with Gasteiger partial charge in [-0.05, 0) is 39.8 Å². The summed E-state index contributed by atoms with van der Waals surface area (Å²) in [6.45, 7) is 6.51. The van der Waals surface area contributed by atoms with Crippen LogP contribution in [0.4, 0.5) is 5.69 Å². The average molecular weight is 246 g/mol. The molecule has 5 heteroatoms. The lowest BCUT2D eigenvalue weighted by Crippen LogP contribution is -2.32. The van der Waals surface area contributed by atoms with Crippen molar-refractivity contribution in [3.8, 4) is 5.75 Å². The molecule has 0 aliphatic heterocycles. The van der Waals surface area contributed by atoms with Gasteiger partial charge >= 0.3 is 0 Å². The van der Waals surface area contributed by atoms with E-state index in [9.17, 15) is 0 Å². The Kier molecular flexibility index (Phi) is 3.92. The molecule has 1 rings (SSSR count). The number of ether oxygens (including phenoxy) is 1. The summed E-state index contributed by atoms with van der Waals surface area (Å²) < 4.78 is 8.57. The number of hydrogen-bond acceptors (Lipinski definition) is 5. The number of anilines is 1. The molecule has 0 fully saturated rings. The Morgan fingerprint density at radius 2 is 2.07 bits per heavy atom. The Balaban J connectivity index is 2.81. The molecule has 0 unspecified atom stereocenters. The van der Waals surface area contributed by atoms with Gasteiger partial charge in [-0.2, -0.15) is 0 Å². The largest absolute Gasteiger partial charge is 0.492 e. The second-order valence-electron chi connectivity index (χ2n) is 4.27. The third-order valence-corrected chi connectivity index (χ3v) is 4.57. The zero-order valence-electron chi connectivity index (χ0n) is 9.83. The van der Waals surface area contributed by atoms with Crippen LogP contribution in [0.3, 0.4) is 0 Å². The molecule has 0 saturated carbocycles. The molecule has 0 amide bonds. The van der Waals surface area contributed by atoms with E-state index in [1.165, 1.54) is 0 Å². The fourth-order valence-corrected chi connectivity index (χ4v) is 2.98. The van der Waals surface area contributed by atoms with Crippen molar-refractivity contribution < 1.29 is 4.74 Å². The minimum Gasteiger partial charge on any atom is -0.492 e. The minimum absolute atomic E-state index is 0.119. The van der Waals surface area contributed by atoms with Crippen LogP contribution in [0.25, 0.3) is 0 Å². The van der Waals surface area contributed by atoms with Crippen molar-refractivity contribution in [1.29, 1.82) is 0 Å². The first-order chi connectivity index (χ1) is 6.86. The summed E-state index contributed by atoms with van der Waals surface area (Å²) >= 11 is 3.29. The van der Waals surface area contributed by atoms with Crippen LogP contribution >= 0.6 is 23.3 Å². The zero-order chi connectivity index (χ0) is 11.6. The van der Waals surface area contributed by atoms with Crippen molar-refractivity contribution in [1.82, 2.24) is 4.31 Å². The third kappa shape index (κ3) is 3.03. The van der Waals surface area contributed by atoms with Crippen molar-refractivity contribution in [3.63, 3.8) is 0 Å². The summed E-state index contributed by atoms with van der Waals surface area (Å²) in [6.07, 6.45) is 0. The number of thiophene rings is 1. The molecule has 1 aromatic heterocycles. The lowest BCUT2D eigenvalue weighted by atomic mass is 10.1.